The number of carbonyl (C=O) groups excluding carboxylic acids is 1. The van der Waals surface area contributed by atoms with E-state index in [1.807, 2.05) is 81.4 Å². The maximum atomic E-state index is 11.8. The number of thioether (sulfide) groups is 1. The lowest BCUT2D eigenvalue weighted by molar-refractivity contribution is -0.118. The largest absolute Gasteiger partial charge is 0.431 e. The molecule has 142 valence electrons. The summed E-state index contributed by atoms with van der Waals surface area (Å²) >= 11 is 1.31. The number of carbonyl (C=O) groups is 1. The minimum atomic E-state index is -0.00688. The van der Waals surface area contributed by atoms with Crippen molar-refractivity contribution in [1.29, 1.82) is 0 Å². The molecule has 1 amide bonds. The Morgan fingerprint density at radius 1 is 1.00 bits per heavy atom. The lowest BCUT2D eigenvalue weighted by Crippen LogP contribution is -2.25. The number of amides is 1. The zero-order chi connectivity index (χ0) is 19.5. The van der Waals surface area contributed by atoms with Gasteiger partial charge in [-0.25, -0.2) is 4.98 Å². The maximum Gasteiger partial charge on any atom is 0.257 e. The van der Waals surface area contributed by atoms with Crippen LogP contribution in [0.25, 0.3) is 22.6 Å². The fraction of sp³-hybridized carbons (Fsp3) is 0.273. The van der Waals surface area contributed by atoms with E-state index in [2.05, 4.69) is 10.3 Å². The summed E-state index contributed by atoms with van der Waals surface area (Å²) in [5.41, 5.74) is 2.76. The average Bonchev–Trinajstić information content (AvgIpc) is 3.18. The number of aromatic nitrogens is 1. The van der Waals surface area contributed by atoms with Gasteiger partial charge in [-0.3, -0.25) is 4.79 Å². The van der Waals surface area contributed by atoms with Gasteiger partial charge in [0.1, 0.15) is 5.69 Å². The van der Waals surface area contributed by atoms with E-state index in [9.17, 15) is 4.79 Å². The molecule has 0 spiro atoms. The lowest BCUT2D eigenvalue weighted by atomic mass is 10.1. The van der Waals surface area contributed by atoms with Crippen LogP contribution < -0.4 is 5.32 Å². The van der Waals surface area contributed by atoms with E-state index in [0.29, 0.717) is 17.5 Å². The van der Waals surface area contributed by atoms with Crippen molar-refractivity contribution in [2.75, 3.05) is 12.3 Å². The summed E-state index contributed by atoms with van der Waals surface area (Å²) in [6, 6.07) is 19.8. The summed E-state index contributed by atoms with van der Waals surface area (Å²) in [7, 11) is 0. The second kappa shape index (κ2) is 11.2. The van der Waals surface area contributed by atoms with Gasteiger partial charge in [-0.15, -0.1) is 0 Å². The van der Waals surface area contributed by atoms with Gasteiger partial charge in [0.2, 0.25) is 5.91 Å². The van der Waals surface area contributed by atoms with Crippen molar-refractivity contribution in [2.45, 2.75) is 32.4 Å². The first-order chi connectivity index (χ1) is 13.3. The topological polar surface area (TPSA) is 55.1 Å². The van der Waals surface area contributed by atoms with Crippen molar-refractivity contribution in [3.05, 3.63) is 60.7 Å². The molecular weight excluding hydrogens is 356 g/mol. The zero-order valence-electron chi connectivity index (χ0n) is 16.1. The highest BCUT2D eigenvalue weighted by Gasteiger charge is 2.17. The zero-order valence-corrected chi connectivity index (χ0v) is 16.9. The Balaban J connectivity index is 0.00000126. The fourth-order valence-corrected chi connectivity index (χ4v) is 3.04. The molecule has 0 saturated heterocycles. The summed E-state index contributed by atoms with van der Waals surface area (Å²) in [5.74, 6) is 1.01. The van der Waals surface area contributed by atoms with Gasteiger partial charge in [-0.2, -0.15) is 0 Å². The highest BCUT2D eigenvalue weighted by atomic mass is 32.2. The van der Waals surface area contributed by atoms with Gasteiger partial charge in [-0.1, -0.05) is 93.2 Å². The van der Waals surface area contributed by atoms with Gasteiger partial charge in [-0.05, 0) is 6.42 Å². The Kier molecular flexibility index (Phi) is 8.65. The van der Waals surface area contributed by atoms with E-state index in [1.165, 1.54) is 11.8 Å². The summed E-state index contributed by atoms with van der Waals surface area (Å²) in [5, 5.41) is 3.36. The number of benzene rings is 2. The monoisotopic (exact) mass is 382 g/mol. The third-order valence-electron chi connectivity index (χ3n) is 3.59. The Bertz CT molecular complexity index is 760. The third-order valence-corrected chi connectivity index (χ3v) is 4.42. The van der Waals surface area contributed by atoms with Crippen LogP contribution in [0.2, 0.25) is 0 Å². The molecule has 0 bridgehead atoms. The molecule has 2 aromatic carbocycles. The minimum absolute atomic E-state index is 0.00688. The summed E-state index contributed by atoms with van der Waals surface area (Å²) in [6.45, 7) is 6.72. The minimum Gasteiger partial charge on any atom is -0.431 e. The van der Waals surface area contributed by atoms with Crippen LogP contribution in [0.5, 0.6) is 0 Å². The number of hydrogen-bond donors (Lipinski definition) is 1. The molecule has 0 aliphatic heterocycles. The van der Waals surface area contributed by atoms with Gasteiger partial charge in [0.25, 0.3) is 5.22 Å². The molecule has 5 heteroatoms. The van der Waals surface area contributed by atoms with Crippen LogP contribution in [-0.4, -0.2) is 23.2 Å². The lowest BCUT2D eigenvalue weighted by Gasteiger charge is -2.01. The normalized spacial score (nSPS) is 10.0. The van der Waals surface area contributed by atoms with Crippen molar-refractivity contribution in [2.24, 2.45) is 0 Å². The van der Waals surface area contributed by atoms with Crippen molar-refractivity contribution >= 4 is 17.7 Å². The van der Waals surface area contributed by atoms with Gasteiger partial charge in [0.15, 0.2) is 5.76 Å². The molecule has 1 heterocycles. The number of oxazole rings is 1. The molecule has 0 saturated carbocycles. The molecule has 1 aromatic heterocycles. The Labute approximate surface area is 165 Å². The van der Waals surface area contributed by atoms with E-state index in [0.717, 1.165) is 29.0 Å². The molecular formula is C22H26N2O2S. The summed E-state index contributed by atoms with van der Waals surface area (Å²) in [4.78, 5) is 16.4. The van der Waals surface area contributed by atoms with Crippen molar-refractivity contribution in [1.82, 2.24) is 10.3 Å². The van der Waals surface area contributed by atoms with Gasteiger partial charge in [0.05, 0.1) is 5.75 Å². The molecule has 1 N–H and O–H groups in total. The van der Waals surface area contributed by atoms with E-state index in [4.69, 9.17) is 4.42 Å². The van der Waals surface area contributed by atoms with Crippen molar-refractivity contribution < 1.29 is 9.21 Å². The molecule has 0 aliphatic carbocycles. The first-order valence-corrected chi connectivity index (χ1v) is 10.3. The number of hydrogen-bond acceptors (Lipinski definition) is 4. The van der Waals surface area contributed by atoms with Gasteiger partial charge < -0.3 is 9.73 Å². The number of nitrogens with zero attached hydrogens (tertiary/aromatic N) is 1. The van der Waals surface area contributed by atoms with Crippen LogP contribution in [-0.2, 0) is 4.79 Å². The quantitative estimate of drug-likeness (QED) is 0.536. The van der Waals surface area contributed by atoms with E-state index < -0.39 is 0 Å². The SMILES string of the molecule is CC.CCCNC(=O)CSc1nc(-c2ccccc2)c(-c2ccccc2)o1. The number of rotatable bonds is 7. The first-order valence-electron chi connectivity index (χ1n) is 9.29. The third kappa shape index (κ3) is 6.00. The molecule has 0 fully saturated rings. The van der Waals surface area contributed by atoms with Crippen LogP contribution in [0, 0.1) is 0 Å². The molecule has 27 heavy (non-hydrogen) atoms. The number of nitrogens with one attached hydrogen (secondary N) is 1. The van der Waals surface area contributed by atoms with E-state index >= 15 is 0 Å². The Morgan fingerprint density at radius 3 is 2.19 bits per heavy atom. The summed E-state index contributed by atoms with van der Waals surface area (Å²) < 4.78 is 5.98. The van der Waals surface area contributed by atoms with Gasteiger partial charge in [0, 0.05) is 17.7 Å². The highest BCUT2D eigenvalue weighted by Crippen LogP contribution is 2.35. The van der Waals surface area contributed by atoms with E-state index in [-0.39, 0.29) is 5.91 Å². The highest BCUT2D eigenvalue weighted by molar-refractivity contribution is 7.99. The first kappa shape index (κ1) is 20.8. The predicted molar refractivity (Wildman–Crippen MR) is 113 cm³/mol. The summed E-state index contributed by atoms with van der Waals surface area (Å²) in [6.07, 6.45) is 0.922. The standard InChI is InChI=1S/C20H20N2O2S.C2H6/c1-2-13-21-17(23)14-25-20-22-18(15-9-5-3-6-10-15)19(24-20)16-11-7-4-8-12-16;1-2/h3-12H,2,13-14H2,1H3,(H,21,23);1-2H3. The van der Waals surface area contributed by atoms with Crippen LogP contribution >= 0.6 is 11.8 Å². The van der Waals surface area contributed by atoms with E-state index in [1.54, 1.807) is 0 Å². The molecule has 3 aromatic rings. The van der Waals surface area contributed by atoms with Crippen molar-refractivity contribution in [3.8, 4) is 22.6 Å². The molecule has 3 rings (SSSR count). The predicted octanol–water partition coefficient (Wildman–Crippen LogP) is 5.65. The second-order valence-electron chi connectivity index (χ2n) is 5.53. The Morgan fingerprint density at radius 2 is 1.59 bits per heavy atom. The van der Waals surface area contributed by atoms with Crippen LogP contribution in [0.4, 0.5) is 0 Å². The molecule has 4 nitrogen and oxygen atoms in total. The van der Waals surface area contributed by atoms with Gasteiger partial charge >= 0.3 is 0 Å². The van der Waals surface area contributed by atoms with Crippen molar-refractivity contribution in [3.63, 3.8) is 0 Å². The smallest absolute Gasteiger partial charge is 0.257 e. The van der Waals surface area contributed by atoms with Crippen LogP contribution in [0.3, 0.4) is 0 Å². The molecule has 0 radical (unpaired) electrons. The Hall–Kier alpha value is -2.53. The second-order valence-corrected chi connectivity index (χ2v) is 6.45. The molecule has 0 atom stereocenters. The molecule has 0 aliphatic rings. The molecule has 0 unspecified atom stereocenters. The van der Waals surface area contributed by atoms with Crippen LogP contribution in [0.15, 0.2) is 70.3 Å². The maximum absolute atomic E-state index is 11.8. The fourth-order valence-electron chi connectivity index (χ4n) is 2.38. The average molecular weight is 383 g/mol. The van der Waals surface area contributed by atoms with Crippen LogP contribution in [0.1, 0.15) is 27.2 Å².